The van der Waals surface area contributed by atoms with Crippen molar-refractivity contribution in [3.05, 3.63) is 28.7 Å². The number of benzene rings is 1. The highest BCUT2D eigenvalue weighted by molar-refractivity contribution is 9.10. The summed E-state index contributed by atoms with van der Waals surface area (Å²) in [6, 6.07) is 8.92. The molecule has 3 nitrogen and oxygen atoms in total. The summed E-state index contributed by atoms with van der Waals surface area (Å²) in [7, 11) is 2.13. The van der Waals surface area contributed by atoms with Crippen LogP contribution in [-0.4, -0.2) is 39.4 Å². The van der Waals surface area contributed by atoms with E-state index in [-0.39, 0.29) is 0 Å². The zero-order valence-corrected chi connectivity index (χ0v) is 11.7. The number of halogens is 1. The molecule has 17 heavy (non-hydrogen) atoms. The van der Waals surface area contributed by atoms with Gasteiger partial charge < -0.3 is 15.0 Å². The normalized spacial score (nSPS) is 20.2. The number of nitrogens with one attached hydrogen (secondary N) is 1. The van der Waals surface area contributed by atoms with Gasteiger partial charge >= 0.3 is 0 Å². The molecule has 1 aromatic carbocycles. The van der Waals surface area contributed by atoms with Gasteiger partial charge in [0.2, 0.25) is 0 Å². The van der Waals surface area contributed by atoms with Crippen LogP contribution in [0.2, 0.25) is 0 Å². The molecule has 1 fully saturated rings. The third-order valence-corrected chi connectivity index (χ3v) is 3.61. The Labute approximate surface area is 111 Å². The molecule has 1 saturated heterocycles. The summed E-state index contributed by atoms with van der Waals surface area (Å²) < 4.78 is 6.57. The standard InChI is InChI=1S/C13H19BrN2O/c1-16(13-4-2-11(14)3-5-13)8-6-12-10-17-9-7-15-12/h2-5,12,15H,6-10H2,1H3. The molecule has 1 aliphatic rings. The van der Waals surface area contributed by atoms with E-state index in [1.807, 2.05) is 0 Å². The van der Waals surface area contributed by atoms with E-state index < -0.39 is 0 Å². The molecule has 0 spiro atoms. The third-order valence-electron chi connectivity index (χ3n) is 3.08. The Morgan fingerprint density at radius 2 is 2.18 bits per heavy atom. The van der Waals surface area contributed by atoms with Crippen LogP contribution in [0.1, 0.15) is 6.42 Å². The molecule has 94 valence electrons. The van der Waals surface area contributed by atoms with Crippen LogP contribution >= 0.6 is 15.9 Å². The Morgan fingerprint density at radius 3 is 2.82 bits per heavy atom. The van der Waals surface area contributed by atoms with E-state index in [0.717, 1.165) is 37.2 Å². The number of ether oxygens (including phenoxy) is 1. The minimum absolute atomic E-state index is 0.502. The molecule has 4 heteroatoms. The fourth-order valence-corrected chi connectivity index (χ4v) is 2.24. The maximum atomic E-state index is 5.45. The molecule has 0 radical (unpaired) electrons. The Balaban J connectivity index is 1.80. The first kappa shape index (κ1) is 12.9. The van der Waals surface area contributed by atoms with E-state index in [2.05, 4.69) is 57.5 Å². The van der Waals surface area contributed by atoms with Gasteiger partial charge in [0.15, 0.2) is 0 Å². The lowest BCUT2D eigenvalue weighted by Crippen LogP contribution is -2.42. The Morgan fingerprint density at radius 1 is 1.41 bits per heavy atom. The molecular formula is C13H19BrN2O. The Bertz CT molecular complexity index is 336. The van der Waals surface area contributed by atoms with Gasteiger partial charge in [-0.1, -0.05) is 15.9 Å². The first-order valence-electron chi connectivity index (χ1n) is 6.03. The second-order valence-electron chi connectivity index (χ2n) is 4.41. The van der Waals surface area contributed by atoms with Gasteiger partial charge in [0, 0.05) is 36.3 Å². The smallest absolute Gasteiger partial charge is 0.0620 e. The molecule has 2 rings (SSSR count). The predicted octanol–water partition coefficient (Wildman–Crippen LogP) is 2.26. The van der Waals surface area contributed by atoms with E-state index in [9.17, 15) is 0 Å². The SMILES string of the molecule is CN(CCC1COCCN1)c1ccc(Br)cc1. The van der Waals surface area contributed by atoms with Crippen LogP contribution < -0.4 is 10.2 Å². The van der Waals surface area contributed by atoms with Gasteiger partial charge in [-0.3, -0.25) is 0 Å². The van der Waals surface area contributed by atoms with Crippen molar-refractivity contribution in [2.45, 2.75) is 12.5 Å². The van der Waals surface area contributed by atoms with Crippen molar-refractivity contribution in [1.82, 2.24) is 5.32 Å². The highest BCUT2D eigenvalue weighted by Crippen LogP contribution is 2.17. The van der Waals surface area contributed by atoms with Crippen molar-refractivity contribution >= 4 is 21.6 Å². The summed E-state index contributed by atoms with van der Waals surface area (Å²) in [6.45, 7) is 3.71. The van der Waals surface area contributed by atoms with Crippen LogP contribution in [0.4, 0.5) is 5.69 Å². The highest BCUT2D eigenvalue weighted by atomic mass is 79.9. The topological polar surface area (TPSA) is 24.5 Å². The molecule has 0 bridgehead atoms. The van der Waals surface area contributed by atoms with E-state index >= 15 is 0 Å². The molecule has 1 atom stereocenters. The second kappa shape index (κ2) is 6.38. The van der Waals surface area contributed by atoms with Crippen molar-refractivity contribution in [1.29, 1.82) is 0 Å². The van der Waals surface area contributed by atoms with Gasteiger partial charge in [0.25, 0.3) is 0 Å². The molecular weight excluding hydrogens is 280 g/mol. The van der Waals surface area contributed by atoms with Crippen LogP contribution in [0.25, 0.3) is 0 Å². The van der Waals surface area contributed by atoms with Gasteiger partial charge in [-0.05, 0) is 30.7 Å². The van der Waals surface area contributed by atoms with E-state index in [1.54, 1.807) is 0 Å². The van der Waals surface area contributed by atoms with Crippen molar-refractivity contribution < 1.29 is 4.74 Å². The van der Waals surface area contributed by atoms with Crippen LogP contribution in [0.15, 0.2) is 28.7 Å². The van der Waals surface area contributed by atoms with Crippen molar-refractivity contribution in [2.24, 2.45) is 0 Å². The molecule has 0 aromatic heterocycles. The maximum Gasteiger partial charge on any atom is 0.0620 e. The quantitative estimate of drug-likeness (QED) is 0.923. The van der Waals surface area contributed by atoms with Gasteiger partial charge in [-0.25, -0.2) is 0 Å². The lowest BCUT2D eigenvalue weighted by Gasteiger charge is -2.27. The fourth-order valence-electron chi connectivity index (χ4n) is 1.98. The summed E-state index contributed by atoms with van der Waals surface area (Å²) in [5.41, 5.74) is 1.25. The largest absolute Gasteiger partial charge is 0.379 e. The molecule has 0 amide bonds. The molecule has 1 heterocycles. The number of hydrogen-bond acceptors (Lipinski definition) is 3. The van der Waals surface area contributed by atoms with Gasteiger partial charge in [-0.15, -0.1) is 0 Å². The molecule has 1 unspecified atom stereocenters. The number of anilines is 1. The highest BCUT2D eigenvalue weighted by Gasteiger charge is 2.13. The molecule has 1 N–H and O–H groups in total. The minimum atomic E-state index is 0.502. The van der Waals surface area contributed by atoms with E-state index in [1.165, 1.54) is 5.69 Å². The van der Waals surface area contributed by atoms with Crippen LogP contribution in [0.5, 0.6) is 0 Å². The molecule has 1 aliphatic heterocycles. The summed E-state index contributed by atoms with van der Waals surface area (Å²) >= 11 is 3.45. The number of hydrogen-bond donors (Lipinski definition) is 1. The van der Waals surface area contributed by atoms with E-state index in [0.29, 0.717) is 6.04 Å². The van der Waals surface area contributed by atoms with Gasteiger partial charge in [0.1, 0.15) is 0 Å². The van der Waals surface area contributed by atoms with Crippen molar-refractivity contribution in [3.63, 3.8) is 0 Å². The third kappa shape index (κ3) is 3.98. The molecule has 1 aromatic rings. The summed E-state index contributed by atoms with van der Waals surface area (Å²) in [5, 5.41) is 3.48. The minimum Gasteiger partial charge on any atom is -0.379 e. The lowest BCUT2D eigenvalue weighted by molar-refractivity contribution is 0.0749. The number of nitrogens with zero attached hydrogens (tertiary/aromatic N) is 1. The second-order valence-corrected chi connectivity index (χ2v) is 5.33. The molecule has 0 saturated carbocycles. The number of rotatable bonds is 4. The first-order valence-corrected chi connectivity index (χ1v) is 6.83. The first-order chi connectivity index (χ1) is 8.25. The van der Waals surface area contributed by atoms with Crippen molar-refractivity contribution in [2.75, 3.05) is 38.3 Å². The zero-order chi connectivity index (χ0) is 12.1. The van der Waals surface area contributed by atoms with Crippen LogP contribution in [-0.2, 0) is 4.74 Å². The van der Waals surface area contributed by atoms with E-state index in [4.69, 9.17) is 4.74 Å². The monoisotopic (exact) mass is 298 g/mol. The zero-order valence-electron chi connectivity index (χ0n) is 10.2. The Hall–Kier alpha value is -0.580. The number of morpholine rings is 1. The summed E-state index contributed by atoms with van der Waals surface area (Å²) in [6.07, 6.45) is 1.12. The average Bonchev–Trinajstić information content (AvgIpc) is 2.38. The maximum absolute atomic E-state index is 5.45. The average molecular weight is 299 g/mol. The van der Waals surface area contributed by atoms with Crippen LogP contribution in [0.3, 0.4) is 0 Å². The predicted molar refractivity (Wildman–Crippen MR) is 74.6 cm³/mol. The van der Waals surface area contributed by atoms with Crippen molar-refractivity contribution in [3.8, 4) is 0 Å². The van der Waals surface area contributed by atoms with Gasteiger partial charge in [0.05, 0.1) is 13.2 Å². The molecule has 0 aliphatic carbocycles. The van der Waals surface area contributed by atoms with Gasteiger partial charge in [-0.2, -0.15) is 0 Å². The fraction of sp³-hybridized carbons (Fsp3) is 0.538. The summed E-state index contributed by atoms with van der Waals surface area (Å²) in [5.74, 6) is 0. The Kier molecular flexibility index (Phi) is 4.83. The summed E-state index contributed by atoms with van der Waals surface area (Å²) in [4.78, 5) is 2.28. The lowest BCUT2D eigenvalue weighted by atomic mass is 10.2. The van der Waals surface area contributed by atoms with Crippen LogP contribution in [0, 0.1) is 0 Å².